The lowest BCUT2D eigenvalue weighted by molar-refractivity contribution is -0.385. The number of thiophene rings is 1. The van der Waals surface area contributed by atoms with Crippen molar-refractivity contribution in [2.75, 3.05) is 0 Å². The zero-order valence-corrected chi connectivity index (χ0v) is 13.2. The van der Waals surface area contributed by atoms with E-state index in [4.69, 9.17) is 9.15 Å². The minimum absolute atomic E-state index is 0.116. The van der Waals surface area contributed by atoms with Crippen LogP contribution in [0.25, 0.3) is 10.8 Å². The van der Waals surface area contributed by atoms with Gasteiger partial charge in [-0.2, -0.15) is 0 Å². The summed E-state index contributed by atoms with van der Waals surface area (Å²) in [6.07, 6.45) is -0.835. The van der Waals surface area contributed by atoms with Crippen LogP contribution in [-0.4, -0.2) is 21.1 Å². The first-order chi connectivity index (χ1) is 11.6. The fourth-order valence-electron chi connectivity index (χ4n) is 1.98. The number of nitro groups is 1. The fourth-order valence-corrected chi connectivity index (χ4v) is 2.62. The molecule has 1 unspecified atom stereocenters. The topological polar surface area (TPSA) is 108 Å². The van der Waals surface area contributed by atoms with Crippen molar-refractivity contribution in [1.82, 2.24) is 10.2 Å². The number of hydrogen-bond acceptors (Lipinski definition) is 8. The Morgan fingerprint density at radius 1 is 1.29 bits per heavy atom. The van der Waals surface area contributed by atoms with Crippen molar-refractivity contribution in [1.29, 1.82) is 0 Å². The molecule has 0 N–H and O–H groups in total. The van der Waals surface area contributed by atoms with E-state index in [1.165, 1.54) is 35.6 Å². The van der Waals surface area contributed by atoms with Crippen molar-refractivity contribution in [2.45, 2.75) is 13.0 Å². The molecule has 3 aromatic rings. The molecule has 9 heteroatoms. The van der Waals surface area contributed by atoms with Crippen LogP contribution in [0.2, 0.25) is 0 Å². The van der Waals surface area contributed by atoms with E-state index in [1.54, 1.807) is 6.92 Å². The second-order valence-electron chi connectivity index (χ2n) is 4.74. The lowest BCUT2D eigenvalue weighted by Gasteiger charge is -2.09. The molecule has 2 aromatic heterocycles. The second-order valence-corrected chi connectivity index (χ2v) is 5.69. The second kappa shape index (κ2) is 6.59. The van der Waals surface area contributed by atoms with Crippen LogP contribution in [0.15, 0.2) is 46.2 Å². The first-order valence-electron chi connectivity index (χ1n) is 6.88. The first kappa shape index (κ1) is 15.8. The van der Waals surface area contributed by atoms with Crippen LogP contribution in [-0.2, 0) is 4.74 Å². The number of carbonyl (C=O) groups is 1. The SMILES string of the molecule is CC(OC(=O)c1ccccc1[N+](=O)[O-])c1nnc(-c2cccs2)o1. The van der Waals surface area contributed by atoms with E-state index < -0.39 is 17.0 Å². The van der Waals surface area contributed by atoms with Crippen LogP contribution in [0, 0.1) is 10.1 Å². The van der Waals surface area contributed by atoms with Gasteiger partial charge in [0, 0.05) is 6.07 Å². The number of carbonyl (C=O) groups excluding carboxylic acids is 1. The summed E-state index contributed by atoms with van der Waals surface area (Å²) in [7, 11) is 0. The number of nitro benzene ring substituents is 1. The molecule has 2 heterocycles. The molecule has 1 atom stereocenters. The number of esters is 1. The lowest BCUT2D eigenvalue weighted by atomic mass is 10.2. The molecule has 0 amide bonds. The van der Waals surface area contributed by atoms with Gasteiger partial charge in [-0.3, -0.25) is 10.1 Å². The van der Waals surface area contributed by atoms with Crippen molar-refractivity contribution >= 4 is 23.0 Å². The van der Waals surface area contributed by atoms with Gasteiger partial charge in [-0.1, -0.05) is 18.2 Å². The monoisotopic (exact) mass is 345 g/mol. The third kappa shape index (κ3) is 3.15. The molecule has 122 valence electrons. The van der Waals surface area contributed by atoms with Crippen LogP contribution in [0.1, 0.15) is 29.3 Å². The Labute approximate surface area is 139 Å². The molecule has 0 saturated heterocycles. The largest absolute Gasteiger partial charge is 0.449 e. The highest BCUT2D eigenvalue weighted by Crippen LogP contribution is 2.27. The fraction of sp³-hybridized carbons (Fsp3) is 0.133. The molecule has 0 aliphatic carbocycles. The molecule has 0 bridgehead atoms. The van der Waals surface area contributed by atoms with Gasteiger partial charge in [-0.25, -0.2) is 4.79 Å². The zero-order valence-electron chi connectivity index (χ0n) is 12.4. The molecule has 1 aromatic carbocycles. The summed E-state index contributed by atoms with van der Waals surface area (Å²) >= 11 is 1.44. The summed E-state index contributed by atoms with van der Waals surface area (Å²) in [6.45, 7) is 1.55. The number of nitrogens with zero attached hydrogens (tertiary/aromatic N) is 3. The van der Waals surface area contributed by atoms with Crippen LogP contribution < -0.4 is 0 Å². The van der Waals surface area contributed by atoms with Gasteiger partial charge in [0.05, 0.1) is 9.80 Å². The highest BCUT2D eigenvalue weighted by Gasteiger charge is 2.25. The van der Waals surface area contributed by atoms with Crippen LogP contribution in [0.5, 0.6) is 0 Å². The smallest absolute Gasteiger partial charge is 0.345 e. The average molecular weight is 345 g/mol. The van der Waals surface area contributed by atoms with E-state index in [0.717, 1.165) is 4.88 Å². The zero-order chi connectivity index (χ0) is 17.1. The maximum absolute atomic E-state index is 12.2. The van der Waals surface area contributed by atoms with Gasteiger partial charge >= 0.3 is 5.97 Å². The summed E-state index contributed by atoms with van der Waals surface area (Å²) < 4.78 is 10.7. The van der Waals surface area contributed by atoms with Crippen molar-refractivity contribution in [2.24, 2.45) is 0 Å². The summed E-state index contributed by atoms with van der Waals surface area (Å²) in [5, 5.41) is 20.6. The van der Waals surface area contributed by atoms with Crippen molar-refractivity contribution < 1.29 is 18.9 Å². The maximum atomic E-state index is 12.2. The molecular formula is C15H11N3O5S. The van der Waals surface area contributed by atoms with Gasteiger partial charge in [0.2, 0.25) is 0 Å². The van der Waals surface area contributed by atoms with E-state index in [-0.39, 0.29) is 17.1 Å². The Balaban J connectivity index is 1.77. The average Bonchev–Trinajstić information content (AvgIpc) is 3.25. The van der Waals surface area contributed by atoms with Crippen LogP contribution in [0.3, 0.4) is 0 Å². The van der Waals surface area contributed by atoms with Gasteiger partial charge in [-0.05, 0) is 24.4 Å². The summed E-state index contributed by atoms with van der Waals surface area (Å²) in [4.78, 5) is 23.3. The lowest BCUT2D eigenvalue weighted by Crippen LogP contribution is -2.11. The molecule has 0 radical (unpaired) electrons. The highest BCUT2D eigenvalue weighted by atomic mass is 32.1. The van der Waals surface area contributed by atoms with E-state index in [1.807, 2.05) is 17.5 Å². The molecule has 0 aliphatic rings. The van der Waals surface area contributed by atoms with Crippen molar-refractivity contribution in [3.8, 4) is 10.8 Å². The molecule has 24 heavy (non-hydrogen) atoms. The molecule has 0 fully saturated rings. The Kier molecular flexibility index (Phi) is 4.34. The number of para-hydroxylation sites is 1. The first-order valence-corrected chi connectivity index (χ1v) is 7.76. The van der Waals surface area contributed by atoms with E-state index in [9.17, 15) is 14.9 Å². The minimum Gasteiger partial charge on any atom is -0.449 e. The third-order valence-electron chi connectivity index (χ3n) is 3.12. The number of hydrogen-bond donors (Lipinski definition) is 0. The standard InChI is InChI=1S/C15H11N3O5S/c1-9(13-16-17-14(23-13)12-7-4-8-24-12)22-15(19)10-5-2-3-6-11(10)18(20)21/h2-9H,1H3. The number of benzene rings is 1. The van der Waals surface area contributed by atoms with E-state index >= 15 is 0 Å². The number of ether oxygens (including phenoxy) is 1. The van der Waals surface area contributed by atoms with Gasteiger partial charge < -0.3 is 9.15 Å². The van der Waals surface area contributed by atoms with Crippen molar-refractivity contribution in [3.63, 3.8) is 0 Å². The van der Waals surface area contributed by atoms with Gasteiger partial charge in [0.1, 0.15) is 5.56 Å². The van der Waals surface area contributed by atoms with Gasteiger partial charge in [-0.15, -0.1) is 21.5 Å². The Bertz CT molecular complexity index is 875. The molecule has 3 rings (SSSR count). The molecular weight excluding hydrogens is 334 g/mol. The van der Waals surface area contributed by atoms with Crippen LogP contribution in [0.4, 0.5) is 5.69 Å². The van der Waals surface area contributed by atoms with E-state index in [2.05, 4.69) is 10.2 Å². The van der Waals surface area contributed by atoms with Gasteiger partial charge in [0.25, 0.3) is 17.5 Å². The number of rotatable bonds is 5. The molecule has 8 nitrogen and oxygen atoms in total. The van der Waals surface area contributed by atoms with Crippen molar-refractivity contribution in [3.05, 3.63) is 63.3 Å². The summed E-state index contributed by atoms with van der Waals surface area (Å²) in [6, 6.07) is 9.24. The summed E-state index contributed by atoms with van der Waals surface area (Å²) in [5.41, 5.74) is -0.452. The Hall–Kier alpha value is -3.07. The molecule has 0 saturated carbocycles. The normalized spacial score (nSPS) is 11.9. The number of aromatic nitrogens is 2. The van der Waals surface area contributed by atoms with Crippen LogP contribution >= 0.6 is 11.3 Å². The van der Waals surface area contributed by atoms with Gasteiger partial charge in [0.15, 0.2) is 6.10 Å². The third-order valence-corrected chi connectivity index (χ3v) is 3.98. The predicted octanol–water partition coefficient (Wildman–Crippen LogP) is 3.62. The quantitative estimate of drug-likeness (QED) is 0.394. The summed E-state index contributed by atoms with van der Waals surface area (Å²) in [5.74, 6) is -0.385. The highest BCUT2D eigenvalue weighted by molar-refractivity contribution is 7.13. The molecule has 0 spiro atoms. The molecule has 0 aliphatic heterocycles. The Morgan fingerprint density at radius 3 is 2.79 bits per heavy atom. The predicted molar refractivity (Wildman–Crippen MR) is 84.5 cm³/mol. The van der Waals surface area contributed by atoms with E-state index in [0.29, 0.717) is 5.89 Å². The maximum Gasteiger partial charge on any atom is 0.345 e. The minimum atomic E-state index is -0.835. The Morgan fingerprint density at radius 2 is 2.08 bits per heavy atom.